The molecule has 1 aromatic rings. The van der Waals surface area contributed by atoms with Crippen molar-refractivity contribution in [1.82, 2.24) is 5.32 Å². The van der Waals surface area contributed by atoms with Gasteiger partial charge in [0.05, 0.1) is 0 Å². The minimum absolute atomic E-state index is 0.0490. The number of hydrogen-bond acceptors (Lipinski definition) is 2. The maximum absolute atomic E-state index is 11.8. The number of aryl methyl sites for hydroxylation is 1. The second-order valence-electron chi connectivity index (χ2n) is 6.14. The molecule has 21 heavy (non-hydrogen) atoms. The largest absolute Gasteiger partial charge is 0.481 e. The fourth-order valence-corrected chi connectivity index (χ4v) is 2.10. The third kappa shape index (κ3) is 8.12. The molecule has 0 aliphatic carbocycles. The van der Waals surface area contributed by atoms with E-state index in [0.29, 0.717) is 19.4 Å². The molecule has 0 spiro atoms. The van der Waals surface area contributed by atoms with Crippen molar-refractivity contribution in [2.24, 2.45) is 5.41 Å². The summed E-state index contributed by atoms with van der Waals surface area (Å²) in [5.41, 5.74) is 1.10. The molecule has 0 atom stereocenters. The fourth-order valence-electron chi connectivity index (χ4n) is 2.10. The highest BCUT2D eigenvalue weighted by molar-refractivity contribution is 5.76. The van der Waals surface area contributed by atoms with Crippen LogP contribution in [0.2, 0.25) is 0 Å². The van der Waals surface area contributed by atoms with Gasteiger partial charge < -0.3 is 10.4 Å². The van der Waals surface area contributed by atoms with Crippen LogP contribution in [0.5, 0.6) is 0 Å². The van der Waals surface area contributed by atoms with E-state index in [2.05, 4.69) is 5.32 Å². The molecule has 4 heteroatoms. The van der Waals surface area contributed by atoms with Crippen molar-refractivity contribution >= 4 is 11.9 Å². The van der Waals surface area contributed by atoms with Crippen molar-refractivity contribution in [2.45, 2.75) is 46.0 Å². The van der Waals surface area contributed by atoms with E-state index in [4.69, 9.17) is 5.11 Å². The normalized spacial score (nSPS) is 11.1. The minimum Gasteiger partial charge on any atom is -0.481 e. The van der Waals surface area contributed by atoms with Gasteiger partial charge in [-0.25, -0.2) is 0 Å². The molecule has 0 saturated carbocycles. The van der Waals surface area contributed by atoms with Crippen molar-refractivity contribution in [3.8, 4) is 0 Å². The lowest BCUT2D eigenvalue weighted by atomic mass is 9.84. The molecule has 4 nitrogen and oxygen atoms in total. The van der Waals surface area contributed by atoms with Gasteiger partial charge in [-0.3, -0.25) is 9.59 Å². The smallest absolute Gasteiger partial charge is 0.303 e. The molecule has 1 rings (SSSR count). The van der Waals surface area contributed by atoms with E-state index >= 15 is 0 Å². The second-order valence-corrected chi connectivity index (χ2v) is 6.14. The maximum atomic E-state index is 11.8. The quantitative estimate of drug-likeness (QED) is 0.735. The molecule has 0 radical (unpaired) electrons. The third-order valence-corrected chi connectivity index (χ3v) is 3.62. The van der Waals surface area contributed by atoms with E-state index in [-0.39, 0.29) is 17.7 Å². The fraction of sp³-hybridized carbons (Fsp3) is 0.529. The van der Waals surface area contributed by atoms with Crippen LogP contribution < -0.4 is 5.32 Å². The summed E-state index contributed by atoms with van der Waals surface area (Å²) < 4.78 is 0. The van der Waals surface area contributed by atoms with Gasteiger partial charge in [0.2, 0.25) is 5.91 Å². The number of aliphatic carboxylic acids is 1. The highest BCUT2D eigenvalue weighted by Gasteiger charge is 2.19. The van der Waals surface area contributed by atoms with Gasteiger partial charge in [0.25, 0.3) is 0 Å². The molecule has 116 valence electrons. The van der Waals surface area contributed by atoms with Crippen molar-refractivity contribution in [3.05, 3.63) is 35.9 Å². The first-order valence-corrected chi connectivity index (χ1v) is 7.41. The van der Waals surface area contributed by atoms with Crippen LogP contribution in [-0.2, 0) is 16.0 Å². The highest BCUT2D eigenvalue weighted by Crippen LogP contribution is 2.25. The predicted octanol–water partition coefficient (Wildman–Crippen LogP) is 3.02. The number of rotatable bonds is 9. The highest BCUT2D eigenvalue weighted by atomic mass is 16.4. The van der Waals surface area contributed by atoms with Crippen LogP contribution >= 0.6 is 0 Å². The number of benzene rings is 1. The average Bonchev–Trinajstić information content (AvgIpc) is 2.44. The van der Waals surface area contributed by atoms with E-state index < -0.39 is 5.97 Å². The number of nitrogens with one attached hydrogen (secondary N) is 1. The Morgan fingerprint density at radius 3 is 2.38 bits per heavy atom. The summed E-state index contributed by atoms with van der Waals surface area (Å²) in [6.45, 7) is 4.67. The number of carbonyl (C=O) groups is 2. The zero-order chi connectivity index (χ0) is 15.7. The summed E-state index contributed by atoms with van der Waals surface area (Å²) in [5, 5.41) is 11.6. The van der Waals surface area contributed by atoms with Crippen LogP contribution in [-0.4, -0.2) is 23.5 Å². The van der Waals surface area contributed by atoms with Gasteiger partial charge in [-0.05, 0) is 30.2 Å². The van der Waals surface area contributed by atoms with Crippen LogP contribution in [0.15, 0.2) is 30.3 Å². The van der Waals surface area contributed by atoms with Crippen molar-refractivity contribution < 1.29 is 14.7 Å². The molecular formula is C17H25NO3. The van der Waals surface area contributed by atoms with Crippen LogP contribution in [0.1, 0.15) is 45.1 Å². The molecule has 1 aromatic carbocycles. The second kappa shape index (κ2) is 8.45. The summed E-state index contributed by atoms with van der Waals surface area (Å²) >= 11 is 0. The monoisotopic (exact) mass is 291 g/mol. The number of hydrogen-bond donors (Lipinski definition) is 2. The van der Waals surface area contributed by atoms with Gasteiger partial charge >= 0.3 is 5.97 Å². The summed E-state index contributed by atoms with van der Waals surface area (Å²) in [5.74, 6) is -0.720. The van der Waals surface area contributed by atoms with Gasteiger partial charge in [0, 0.05) is 19.4 Å². The lowest BCUT2D eigenvalue weighted by Gasteiger charge is -2.23. The Hall–Kier alpha value is -1.84. The average molecular weight is 291 g/mol. The first kappa shape index (κ1) is 17.2. The van der Waals surface area contributed by atoms with Crippen LogP contribution in [0.3, 0.4) is 0 Å². The Balaban J connectivity index is 2.19. The van der Waals surface area contributed by atoms with E-state index in [1.54, 1.807) is 0 Å². The molecule has 0 heterocycles. The molecule has 0 fully saturated rings. The van der Waals surface area contributed by atoms with Gasteiger partial charge in [0.1, 0.15) is 0 Å². The zero-order valence-electron chi connectivity index (χ0n) is 12.9. The standard InChI is InChI=1S/C17H25NO3/c1-17(2,11-10-16(20)21)12-13-18-15(19)9-8-14-6-4-3-5-7-14/h3-7H,8-13H2,1-2H3,(H,18,19)(H,20,21). The number of carboxylic acid groups (broad SMARTS) is 1. The number of carbonyl (C=O) groups excluding carboxylic acids is 1. The first-order valence-electron chi connectivity index (χ1n) is 7.41. The maximum Gasteiger partial charge on any atom is 0.303 e. The van der Waals surface area contributed by atoms with Gasteiger partial charge in [0.15, 0.2) is 0 Å². The lowest BCUT2D eigenvalue weighted by molar-refractivity contribution is -0.137. The molecule has 0 aliphatic heterocycles. The molecule has 2 N–H and O–H groups in total. The summed E-state index contributed by atoms with van der Waals surface area (Å²) in [6, 6.07) is 9.93. The Kier molecular flexibility index (Phi) is 6.92. The Morgan fingerprint density at radius 2 is 1.76 bits per heavy atom. The van der Waals surface area contributed by atoms with Crippen LogP contribution in [0.25, 0.3) is 0 Å². The lowest BCUT2D eigenvalue weighted by Crippen LogP contribution is -2.28. The molecule has 1 amide bonds. The Morgan fingerprint density at radius 1 is 1.10 bits per heavy atom. The molecule has 0 saturated heterocycles. The van der Waals surface area contributed by atoms with Crippen molar-refractivity contribution in [1.29, 1.82) is 0 Å². The van der Waals surface area contributed by atoms with Crippen molar-refractivity contribution in [3.63, 3.8) is 0 Å². The van der Waals surface area contributed by atoms with Gasteiger partial charge in [-0.1, -0.05) is 44.2 Å². The number of carboxylic acids is 1. The molecule has 0 aromatic heterocycles. The zero-order valence-corrected chi connectivity index (χ0v) is 12.9. The molecule has 0 bridgehead atoms. The minimum atomic E-state index is -0.769. The third-order valence-electron chi connectivity index (χ3n) is 3.62. The summed E-state index contributed by atoms with van der Waals surface area (Å²) in [7, 11) is 0. The van der Waals surface area contributed by atoms with Crippen LogP contribution in [0, 0.1) is 5.41 Å². The first-order chi connectivity index (χ1) is 9.89. The van der Waals surface area contributed by atoms with E-state index in [0.717, 1.165) is 18.4 Å². The summed E-state index contributed by atoms with van der Waals surface area (Å²) in [4.78, 5) is 22.3. The van der Waals surface area contributed by atoms with E-state index in [1.807, 2.05) is 44.2 Å². The SMILES string of the molecule is CC(C)(CCNC(=O)CCc1ccccc1)CCC(=O)O. The van der Waals surface area contributed by atoms with Gasteiger partial charge in [-0.2, -0.15) is 0 Å². The van der Waals surface area contributed by atoms with E-state index in [1.165, 1.54) is 0 Å². The van der Waals surface area contributed by atoms with E-state index in [9.17, 15) is 9.59 Å². The van der Waals surface area contributed by atoms with Gasteiger partial charge in [-0.15, -0.1) is 0 Å². The Labute approximate surface area is 126 Å². The molecule has 0 aliphatic rings. The molecule has 0 unspecified atom stereocenters. The van der Waals surface area contributed by atoms with Crippen molar-refractivity contribution in [2.75, 3.05) is 6.54 Å². The predicted molar refractivity (Wildman–Crippen MR) is 83.0 cm³/mol. The van der Waals surface area contributed by atoms with Crippen LogP contribution in [0.4, 0.5) is 0 Å². The Bertz CT molecular complexity index is 454. The molecular weight excluding hydrogens is 266 g/mol. The number of amides is 1. The summed E-state index contributed by atoms with van der Waals surface area (Å²) in [6.07, 6.45) is 2.82. The topological polar surface area (TPSA) is 66.4 Å².